The molecule has 25 heavy (non-hydrogen) atoms. The first kappa shape index (κ1) is 17.5. The molecule has 2 aromatic rings. The molecule has 3 N–H and O–H groups in total. The third-order valence-corrected chi connectivity index (χ3v) is 5.22. The molecule has 0 radical (unpaired) electrons. The fourth-order valence-electron chi connectivity index (χ4n) is 3.71. The number of anilines is 1. The molecule has 2 unspecified atom stereocenters. The summed E-state index contributed by atoms with van der Waals surface area (Å²) in [6.07, 6.45) is 0.835. The van der Waals surface area contributed by atoms with E-state index >= 15 is 0 Å². The van der Waals surface area contributed by atoms with Crippen molar-refractivity contribution < 1.29 is 4.79 Å². The zero-order valence-electron chi connectivity index (χ0n) is 15.0. The lowest BCUT2D eigenvalue weighted by molar-refractivity contribution is -0.123. The second-order valence-corrected chi connectivity index (χ2v) is 6.57. The molecule has 1 aliphatic rings. The maximum absolute atomic E-state index is 12.9. The van der Waals surface area contributed by atoms with Crippen LogP contribution >= 0.6 is 0 Å². The lowest BCUT2D eigenvalue weighted by atomic mass is 9.81. The van der Waals surface area contributed by atoms with Crippen molar-refractivity contribution in [3.8, 4) is 0 Å². The summed E-state index contributed by atoms with van der Waals surface area (Å²) in [5.41, 5.74) is 10.1. The number of amides is 1. The second-order valence-electron chi connectivity index (χ2n) is 6.57. The molecule has 3 rings (SSSR count). The fourth-order valence-corrected chi connectivity index (χ4v) is 3.71. The van der Waals surface area contributed by atoms with E-state index in [1.165, 1.54) is 0 Å². The van der Waals surface area contributed by atoms with Gasteiger partial charge in [0.2, 0.25) is 5.91 Å². The van der Waals surface area contributed by atoms with Crippen LogP contribution in [0.1, 0.15) is 48.9 Å². The minimum atomic E-state index is -0.172. The van der Waals surface area contributed by atoms with E-state index in [4.69, 9.17) is 5.73 Å². The van der Waals surface area contributed by atoms with Crippen molar-refractivity contribution in [1.29, 1.82) is 0 Å². The molecule has 1 heterocycles. The first-order valence-corrected chi connectivity index (χ1v) is 9.11. The van der Waals surface area contributed by atoms with Crippen molar-refractivity contribution in [1.82, 2.24) is 10.2 Å². The van der Waals surface area contributed by atoms with Crippen molar-refractivity contribution >= 4 is 11.6 Å². The Bertz CT molecular complexity index is 739. The number of nitrogens with one attached hydrogen (secondary N) is 1. The summed E-state index contributed by atoms with van der Waals surface area (Å²) < 4.78 is 0. The third kappa shape index (κ3) is 3.54. The van der Waals surface area contributed by atoms with E-state index in [-0.39, 0.29) is 17.9 Å². The van der Waals surface area contributed by atoms with Gasteiger partial charge in [0.05, 0.1) is 12.0 Å². The lowest BCUT2D eigenvalue weighted by Crippen LogP contribution is -2.40. The molecular weight excluding hydrogens is 310 g/mol. The van der Waals surface area contributed by atoms with Crippen molar-refractivity contribution in [3.63, 3.8) is 0 Å². The predicted octanol–water partition coefficient (Wildman–Crippen LogP) is 3.30. The Morgan fingerprint density at radius 1 is 0.960 bits per heavy atom. The van der Waals surface area contributed by atoms with Crippen LogP contribution in [-0.2, 0) is 4.79 Å². The number of carbonyl (C=O) groups is 1. The zero-order valence-corrected chi connectivity index (χ0v) is 15.0. The Kier molecular flexibility index (Phi) is 5.39. The number of benzene rings is 2. The van der Waals surface area contributed by atoms with Crippen LogP contribution in [-0.4, -0.2) is 30.4 Å². The largest absolute Gasteiger partial charge is 0.398 e. The van der Waals surface area contributed by atoms with Crippen LogP contribution in [0.4, 0.5) is 5.69 Å². The van der Waals surface area contributed by atoms with E-state index in [1.807, 2.05) is 36.4 Å². The number of carbonyl (C=O) groups excluding carboxylic acids is 1. The summed E-state index contributed by atoms with van der Waals surface area (Å²) in [5.74, 6) is -0.00269. The maximum Gasteiger partial charge on any atom is 0.228 e. The first-order valence-electron chi connectivity index (χ1n) is 9.11. The summed E-state index contributed by atoms with van der Waals surface area (Å²) in [7, 11) is 0. The number of nitrogens with zero attached hydrogens (tertiary/aromatic N) is 1. The van der Waals surface area contributed by atoms with Crippen molar-refractivity contribution in [2.75, 3.05) is 25.4 Å². The summed E-state index contributed by atoms with van der Waals surface area (Å²) >= 11 is 0. The van der Waals surface area contributed by atoms with Gasteiger partial charge in [-0.3, -0.25) is 4.79 Å². The maximum atomic E-state index is 12.9. The van der Waals surface area contributed by atoms with Crippen LogP contribution in [0.5, 0.6) is 0 Å². The van der Waals surface area contributed by atoms with Gasteiger partial charge in [-0.15, -0.1) is 0 Å². The Labute approximate surface area is 150 Å². The number of hydrogen-bond donors (Lipinski definition) is 2. The van der Waals surface area contributed by atoms with Crippen molar-refractivity contribution in [2.45, 2.75) is 32.2 Å². The van der Waals surface area contributed by atoms with Gasteiger partial charge in [0, 0.05) is 11.3 Å². The number of nitrogen functional groups attached to an aromatic ring is 1. The third-order valence-electron chi connectivity index (χ3n) is 5.22. The van der Waals surface area contributed by atoms with Gasteiger partial charge < -0.3 is 16.0 Å². The molecule has 0 aromatic heterocycles. The molecule has 0 fully saturated rings. The second kappa shape index (κ2) is 7.70. The van der Waals surface area contributed by atoms with E-state index < -0.39 is 0 Å². The SMILES string of the molecule is CCN(CC)CCC1C(=O)NC(c2ccccc2N)c2ccccc21. The number of nitrogens with two attached hydrogens (primary N) is 1. The van der Waals surface area contributed by atoms with Crippen LogP contribution in [0, 0.1) is 0 Å². The van der Waals surface area contributed by atoms with Gasteiger partial charge in [-0.2, -0.15) is 0 Å². The number of rotatable bonds is 6. The Hall–Kier alpha value is -2.33. The molecule has 1 amide bonds. The lowest BCUT2D eigenvalue weighted by Gasteiger charge is -2.33. The topological polar surface area (TPSA) is 58.4 Å². The molecule has 0 bridgehead atoms. The van der Waals surface area contributed by atoms with E-state index in [9.17, 15) is 4.79 Å². The number of para-hydroxylation sites is 1. The molecule has 4 nitrogen and oxygen atoms in total. The van der Waals surface area contributed by atoms with Crippen molar-refractivity contribution in [2.24, 2.45) is 0 Å². The van der Waals surface area contributed by atoms with Gasteiger partial charge in [0.25, 0.3) is 0 Å². The molecule has 2 aromatic carbocycles. The molecule has 2 atom stereocenters. The smallest absolute Gasteiger partial charge is 0.228 e. The minimum absolute atomic E-state index is 0.0964. The highest BCUT2D eigenvalue weighted by Gasteiger charge is 2.34. The molecule has 0 aliphatic carbocycles. The quantitative estimate of drug-likeness (QED) is 0.795. The first-order chi connectivity index (χ1) is 12.2. The summed E-state index contributed by atoms with van der Waals surface area (Å²) in [5, 5.41) is 3.20. The van der Waals surface area contributed by atoms with Gasteiger partial charge in [0.1, 0.15) is 0 Å². The molecule has 4 heteroatoms. The van der Waals surface area contributed by atoms with Crippen LogP contribution in [0.25, 0.3) is 0 Å². The highest BCUT2D eigenvalue weighted by molar-refractivity contribution is 5.87. The van der Waals surface area contributed by atoms with Gasteiger partial charge >= 0.3 is 0 Å². The normalized spacial score (nSPS) is 19.6. The highest BCUT2D eigenvalue weighted by atomic mass is 16.2. The zero-order chi connectivity index (χ0) is 17.8. The van der Waals surface area contributed by atoms with Crippen molar-refractivity contribution in [3.05, 3.63) is 65.2 Å². The molecule has 0 spiro atoms. The summed E-state index contributed by atoms with van der Waals surface area (Å²) in [6, 6.07) is 15.8. The molecule has 1 aliphatic heterocycles. The Morgan fingerprint density at radius 2 is 1.56 bits per heavy atom. The standard InChI is InChI=1S/C21H27N3O/c1-3-24(4-2)14-13-17-15-9-5-6-10-16(15)20(23-21(17)25)18-11-7-8-12-19(18)22/h5-12,17,20H,3-4,13-14,22H2,1-2H3,(H,23,25). The highest BCUT2D eigenvalue weighted by Crippen LogP contribution is 2.37. The van der Waals surface area contributed by atoms with Crippen LogP contribution in [0.15, 0.2) is 48.5 Å². The molecular formula is C21H27N3O. The van der Waals surface area contributed by atoms with E-state index in [2.05, 4.69) is 36.2 Å². The van der Waals surface area contributed by atoms with Crippen LogP contribution in [0.2, 0.25) is 0 Å². The van der Waals surface area contributed by atoms with Crippen LogP contribution < -0.4 is 11.1 Å². The Balaban J connectivity index is 1.93. The average Bonchev–Trinajstić information content (AvgIpc) is 2.64. The molecule has 0 saturated carbocycles. The van der Waals surface area contributed by atoms with E-state index in [1.54, 1.807) is 0 Å². The van der Waals surface area contributed by atoms with Gasteiger partial charge in [-0.1, -0.05) is 56.3 Å². The molecule has 132 valence electrons. The number of hydrogen-bond acceptors (Lipinski definition) is 3. The van der Waals surface area contributed by atoms with E-state index in [0.29, 0.717) is 5.69 Å². The van der Waals surface area contributed by atoms with Gasteiger partial charge in [-0.05, 0) is 43.2 Å². The van der Waals surface area contributed by atoms with E-state index in [0.717, 1.165) is 42.7 Å². The summed E-state index contributed by atoms with van der Waals surface area (Å²) in [6.45, 7) is 7.27. The molecule has 0 saturated heterocycles. The minimum Gasteiger partial charge on any atom is -0.398 e. The average molecular weight is 337 g/mol. The monoisotopic (exact) mass is 337 g/mol. The summed E-state index contributed by atoms with van der Waals surface area (Å²) in [4.78, 5) is 15.2. The van der Waals surface area contributed by atoms with Crippen LogP contribution in [0.3, 0.4) is 0 Å². The predicted molar refractivity (Wildman–Crippen MR) is 102 cm³/mol. The number of fused-ring (bicyclic) bond motifs is 1. The fraction of sp³-hybridized carbons (Fsp3) is 0.381. The van der Waals surface area contributed by atoms with Gasteiger partial charge in [-0.25, -0.2) is 0 Å². The Morgan fingerprint density at radius 3 is 2.20 bits per heavy atom. The van der Waals surface area contributed by atoms with Gasteiger partial charge in [0.15, 0.2) is 0 Å².